The fraction of sp³-hybridized carbons (Fsp3) is 0.515. The number of nitrogens with one attached hydrogen (secondary N) is 2. The predicted molar refractivity (Wildman–Crippen MR) is 167 cm³/mol. The number of nitrogens with two attached hydrogens (primary N) is 1. The highest BCUT2D eigenvalue weighted by Gasteiger charge is 2.36. The summed E-state index contributed by atoms with van der Waals surface area (Å²) in [7, 11) is 1.56. The van der Waals surface area contributed by atoms with Gasteiger partial charge in [-0.2, -0.15) is 0 Å². The molecule has 43 heavy (non-hydrogen) atoms. The van der Waals surface area contributed by atoms with Gasteiger partial charge >= 0.3 is 6.09 Å². The average molecular weight is 597 g/mol. The van der Waals surface area contributed by atoms with Crippen LogP contribution in [-0.2, 0) is 19.1 Å². The van der Waals surface area contributed by atoms with Gasteiger partial charge in [0.15, 0.2) is 0 Å². The number of primary amides is 1. The minimum absolute atomic E-state index is 0.0397. The molecule has 0 aliphatic rings. The summed E-state index contributed by atoms with van der Waals surface area (Å²) in [6.07, 6.45) is 4.90. The highest BCUT2D eigenvalue weighted by molar-refractivity contribution is 5.99. The highest BCUT2D eigenvalue weighted by atomic mass is 16.6. The Morgan fingerprint density at radius 3 is 2.12 bits per heavy atom. The van der Waals surface area contributed by atoms with E-state index in [9.17, 15) is 19.2 Å². The van der Waals surface area contributed by atoms with E-state index in [1.807, 2.05) is 6.07 Å². The molecule has 4 amide bonds. The molecule has 0 bridgehead atoms. The van der Waals surface area contributed by atoms with Gasteiger partial charge in [-0.15, -0.1) is 0 Å². The Hall–Kier alpha value is -4.08. The van der Waals surface area contributed by atoms with Crippen molar-refractivity contribution in [2.45, 2.75) is 96.7 Å². The van der Waals surface area contributed by atoms with Crippen LogP contribution in [-0.4, -0.2) is 54.0 Å². The van der Waals surface area contributed by atoms with Gasteiger partial charge in [-0.3, -0.25) is 14.4 Å². The van der Waals surface area contributed by atoms with Gasteiger partial charge in [0.05, 0.1) is 7.11 Å². The topological polar surface area (TPSA) is 140 Å². The number of rotatable bonds is 17. The molecule has 0 fully saturated rings. The van der Waals surface area contributed by atoms with E-state index in [-0.39, 0.29) is 19.4 Å². The lowest BCUT2D eigenvalue weighted by molar-refractivity contribution is -0.141. The van der Waals surface area contributed by atoms with Gasteiger partial charge in [-0.05, 0) is 63.4 Å². The molecular formula is C33H48N4O6. The van der Waals surface area contributed by atoms with Gasteiger partial charge < -0.3 is 30.7 Å². The van der Waals surface area contributed by atoms with Crippen molar-refractivity contribution in [2.75, 3.05) is 19.0 Å². The largest absolute Gasteiger partial charge is 0.497 e. The summed E-state index contributed by atoms with van der Waals surface area (Å²) in [6, 6.07) is 13.8. The summed E-state index contributed by atoms with van der Waals surface area (Å²) in [5.74, 6) is -0.882. The number of carbonyl (C=O) groups excluding carboxylic acids is 4. The molecule has 0 aromatic heterocycles. The van der Waals surface area contributed by atoms with Crippen LogP contribution in [0.5, 0.6) is 5.75 Å². The Morgan fingerprint density at radius 2 is 1.53 bits per heavy atom. The number of alkyl carbamates (subject to hydrolysis) is 1. The molecule has 0 spiro atoms. The standard InChI is InChI=1S/C33H48N4O6/c1-6-7-8-9-10-14-23-37(31(40)27(21-22-28(34)38)36-32(41)43-33(2,3)4)29(24-15-12-11-13-16-24)30(39)35-25-17-19-26(42-5)20-18-25/h11-13,15-20,27,29H,6-10,14,21-23H2,1-5H3,(H2,34,38)(H,35,39)(H,36,41). The Bertz CT molecular complexity index is 1160. The number of benzene rings is 2. The van der Waals surface area contributed by atoms with E-state index >= 15 is 0 Å². The molecule has 4 N–H and O–H groups in total. The monoisotopic (exact) mass is 596 g/mol. The fourth-order valence-corrected chi connectivity index (χ4v) is 4.62. The zero-order valence-corrected chi connectivity index (χ0v) is 26.2. The van der Waals surface area contributed by atoms with Crippen LogP contribution in [0, 0.1) is 0 Å². The lowest BCUT2D eigenvalue weighted by Crippen LogP contribution is -2.52. The first-order valence-electron chi connectivity index (χ1n) is 15.0. The summed E-state index contributed by atoms with van der Waals surface area (Å²) >= 11 is 0. The van der Waals surface area contributed by atoms with E-state index in [0.29, 0.717) is 23.4 Å². The Balaban J connectivity index is 2.47. The predicted octanol–water partition coefficient (Wildman–Crippen LogP) is 5.72. The maximum absolute atomic E-state index is 14.3. The first kappa shape index (κ1) is 35.1. The van der Waals surface area contributed by atoms with Gasteiger partial charge in [0.2, 0.25) is 11.8 Å². The van der Waals surface area contributed by atoms with Crippen LogP contribution in [0.2, 0.25) is 0 Å². The normalized spacial score (nSPS) is 12.5. The molecule has 0 saturated heterocycles. The van der Waals surface area contributed by atoms with Gasteiger partial charge in [-0.25, -0.2) is 4.79 Å². The SMILES string of the molecule is CCCCCCCCN(C(=O)C(CCC(N)=O)NC(=O)OC(C)(C)C)C(C(=O)Nc1ccc(OC)cc1)c1ccccc1. The Morgan fingerprint density at radius 1 is 0.907 bits per heavy atom. The molecule has 2 rings (SSSR count). The second-order valence-corrected chi connectivity index (χ2v) is 11.5. The minimum atomic E-state index is -1.14. The summed E-state index contributed by atoms with van der Waals surface area (Å²) in [4.78, 5) is 54.2. The van der Waals surface area contributed by atoms with E-state index in [2.05, 4.69) is 17.6 Å². The third-order valence-electron chi connectivity index (χ3n) is 6.74. The Labute approximate surface area is 255 Å². The van der Waals surface area contributed by atoms with E-state index in [4.69, 9.17) is 15.2 Å². The number of amides is 4. The molecule has 2 aromatic rings. The number of methoxy groups -OCH3 is 1. The molecule has 2 unspecified atom stereocenters. The molecule has 10 heteroatoms. The molecule has 0 radical (unpaired) electrons. The molecule has 0 saturated carbocycles. The molecule has 0 aliphatic carbocycles. The van der Waals surface area contributed by atoms with Crippen LogP contribution in [0.1, 0.15) is 90.7 Å². The second kappa shape index (κ2) is 17.8. The van der Waals surface area contributed by atoms with Gasteiger partial charge in [0.25, 0.3) is 5.91 Å². The highest BCUT2D eigenvalue weighted by Crippen LogP contribution is 2.26. The number of hydrogen-bond donors (Lipinski definition) is 3. The summed E-state index contributed by atoms with van der Waals surface area (Å²) in [6.45, 7) is 7.56. The third-order valence-corrected chi connectivity index (χ3v) is 6.74. The van der Waals surface area contributed by atoms with Crippen LogP contribution in [0.25, 0.3) is 0 Å². The number of unbranched alkanes of at least 4 members (excludes halogenated alkanes) is 5. The molecule has 2 aromatic carbocycles. The van der Waals surface area contributed by atoms with Crippen LogP contribution in [0.15, 0.2) is 54.6 Å². The van der Waals surface area contributed by atoms with Crippen LogP contribution in [0.3, 0.4) is 0 Å². The quantitative estimate of drug-likeness (QED) is 0.200. The molecule has 0 aliphatic heterocycles. The van der Waals surface area contributed by atoms with Gasteiger partial charge in [0, 0.05) is 18.7 Å². The first-order chi connectivity index (χ1) is 20.4. The van der Waals surface area contributed by atoms with Gasteiger partial charge in [-0.1, -0.05) is 69.4 Å². The van der Waals surface area contributed by atoms with E-state index < -0.39 is 41.5 Å². The molecule has 2 atom stereocenters. The smallest absolute Gasteiger partial charge is 0.408 e. The maximum Gasteiger partial charge on any atom is 0.408 e. The zero-order chi connectivity index (χ0) is 31.8. The van der Waals surface area contributed by atoms with Crippen molar-refractivity contribution < 1.29 is 28.7 Å². The number of hydrogen-bond acceptors (Lipinski definition) is 6. The van der Waals surface area contributed by atoms with Crippen molar-refractivity contribution >= 4 is 29.5 Å². The molecule has 0 heterocycles. The number of carbonyl (C=O) groups is 4. The summed E-state index contributed by atoms with van der Waals surface area (Å²) in [5, 5.41) is 5.56. The lowest BCUT2D eigenvalue weighted by atomic mass is 10.0. The lowest BCUT2D eigenvalue weighted by Gasteiger charge is -2.34. The van der Waals surface area contributed by atoms with Crippen LogP contribution >= 0.6 is 0 Å². The van der Waals surface area contributed by atoms with Crippen molar-refractivity contribution in [3.8, 4) is 5.75 Å². The van der Waals surface area contributed by atoms with Crippen molar-refractivity contribution in [1.82, 2.24) is 10.2 Å². The molecule has 236 valence electrons. The number of anilines is 1. The fourth-order valence-electron chi connectivity index (χ4n) is 4.62. The number of nitrogens with zero attached hydrogens (tertiary/aromatic N) is 1. The first-order valence-corrected chi connectivity index (χ1v) is 15.0. The zero-order valence-electron chi connectivity index (χ0n) is 26.2. The Kier molecular flexibility index (Phi) is 14.5. The van der Waals surface area contributed by atoms with Crippen molar-refractivity contribution in [2.24, 2.45) is 5.73 Å². The van der Waals surface area contributed by atoms with Crippen molar-refractivity contribution in [3.05, 3.63) is 60.2 Å². The van der Waals surface area contributed by atoms with Crippen molar-refractivity contribution in [1.29, 1.82) is 0 Å². The van der Waals surface area contributed by atoms with E-state index in [1.54, 1.807) is 76.4 Å². The van der Waals surface area contributed by atoms with Crippen molar-refractivity contribution in [3.63, 3.8) is 0 Å². The summed E-state index contributed by atoms with van der Waals surface area (Å²) < 4.78 is 10.6. The average Bonchev–Trinajstić information content (AvgIpc) is 2.95. The number of ether oxygens (including phenoxy) is 2. The van der Waals surface area contributed by atoms with Gasteiger partial charge in [0.1, 0.15) is 23.4 Å². The summed E-state index contributed by atoms with van der Waals surface area (Å²) in [5.41, 5.74) is 5.76. The minimum Gasteiger partial charge on any atom is -0.497 e. The maximum atomic E-state index is 14.3. The van der Waals surface area contributed by atoms with E-state index in [1.165, 1.54) is 4.90 Å². The second-order valence-electron chi connectivity index (χ2n) is 11.5. The van der Waals surface area contributed by atoms with Crippen LogP contribution in [0.4, 0.5) is 10.5 Å². The van der Waals surface area contributed by atoms with E-state index in [0.717, 1.165) is 32.1 Å². The molecule has 10 nitrogen and oxygen atoms in total. The third kappa shape index (κ3) is 12.8. The molecular weight excluding hydrogens is 548 g/mol. The van der Waals surface area contributed by atoms with Crippen LogP contribution < -0.4 is 21.1 Å².